The molecule has 1 aromatic carbocycles. The maximum atomic E-state index is 13.6. The van der Waals surface area contributed by atoms with Crippen LogP contribution >= 0.6 is 15.9 Å². The molecule has 0 spiro atoms. The fourth-order valence-corrected chi connectivity index (χ4v) is 1.83. The molecule has 0 aliphatic heterocycles. The standard InChI is InChI=1S/C13H12BrFN2O/c1-8(16)10-3-2-6-17-13(10)18-12-7-9(14)4-5-11(12)15/h2-8H,16H2,1H3/t8-/m1/s1. The van der Waals surface area contributed by atoms with Crippen LogP contribution in [0.2, 0.25) is 0 Å². The smallest absolute Gasteiger partial charge is 0.224 e. The van der Waals surface area contributed by atoms with Crippen LogP contribution in [-0.2, 0) is 0 Å². The van der Waals surface area contributed by atoms with Crippen molar-refractivity contribution in [1.82, 2.24) is 4.98 Å². The first-order valence-electron chi connectivity index (χ1n) is 5.41. The molecule has 2 N–H and O–H groups in total. The minimum absolute atomic E-state index is 0.116. The predicted octanol–water partition coefficient (Wildman–Crippen LogP) is 3.80. The summed E-state index contributed by atoms with van der Waals surface area (Å²) in [7, 11) is 0. The summed E-state index contributed by atoms with van der Waals surface area (Å²) >= 11 is 3.27. The van der Waals surface area contributed by atoms with Crippen LogP contribution in [0.5, 0.6) is 11.6 Å². The van der Waals surface area contributed by atoms with Crippen molar-refractivity contribution in [3.05, 3.63) is 52.4 Å². The van der Waals surface area contributed by atoms with E-state index in [2.05, 4.69) is 20.9 Å². The second-order valence-corrected chi connectivity index (χ2v) is 4.78. The first-order valence-corrected chi connectivity index (χ1v) is 6.20. The van der Waals surface area contributed by atoms with Gasteiger partial charge in [0.2, 0.25) is 5.88 Å². The van der Waals surface area contributed by atoms with Crippen LogP contribution in [0.25, 0.3) is 0 Å². The summed E-state index contributed by atoms with van der Waals surface area (Å²) in [5.41, 5.74) is 6.55. The lowest BCUT2D eigenvalue weighted by molar-refractivity contribution is 0.419. The van der Waals surface area contributed by atoms with Gasteiger partial charge in [-0.1, -0.05) is 22.0 Å². The minimum atomic E-state index is -0.445. The molecule has 3 nitrogen and oxygen atoms in total. The third-order valence-electron chi connectivity index (χ3n) is 2.39. The molecule has 5 heteroatoms. The maximum Gasteiger partial charge on any atom is 0.224 e. The number of hydrogen-bond acceptors (Lipinski definition) is 3. The van der Waals surface area contributed by atoms with E-state index in [1.54, 1.807) is 24.4 Å². The number of pyridine rings is 1. The van der Waals surface area contributed by atoms with Crippen LogP contribution in [0.1, 0.15) is 18.5 Å². The fraction of sp³-hybridized carbons (Fsp3) is 0.154. The van der Waals surface area contributed by atoms with Gasteiger partial charge in [-0.2, -0.15) is 0 Å². The Balaban J connectivity index is 2.37. The minimum Gasteiger partial charge on any atom is -0.436 e. The molecular formula is C13H12BrFN2O. The molecule has 0 saturated carbocycles. The number of nitrogens with two attached hydrogens (primary N) is 1. The third kappa shape index (κ3) is 2.86. The van der Waals surface area contributed by atoms with Gasteiger partial charge >= 0.3 is 0 Å². The Hall–Kier alpha value is -1.46. The van der Waals surface area contributed by atoms with Gasteiger partial charge in [-0.3, -0.25) is 0 Å². The van der Waals surface area contributed by atoms with Crippen molar-refractivity contribution >= 4 is 15.9 Å². The molecule has 0 amide bonds. The van der Waals surface area contributed by atoms with E-state index >= 15 is 0 Å². The van der Waals surface area contributed by atoms with E-state index in [-0.39, 0.29) is 11.8 Å². The van der Waals surface area contributed by atoms with E-state index in [1.807, 2.05) is 13.0 Å². The van der Waals surface area contributed by atoms with Crippen molar-refractivity contribution in [2.75, 3.05) is 0 Å². The van der Waals surface area contributed by atoms with Crippen molar-refractivity contribution in [3.63, 3.8) is 0 Å². The van der Waals surface area contributed by atoms with E-state index < -0.39 is 5.82 Å². The lowest BCUT2D eigenvalue weighted by atomic mass is 10.1. The molecule has 0 aliphatic rings. The quantitative estimate of drug-likeness (QED) is 0.938. The van der Waals surface area contributed by atoms with E-state index in [1.165, 1.54) is 6.07 Å². The number of rotatable bonds is 3. The molecular weight excluding hydrogens is 299 g/mol. The molecule has 2 aromatic rings. The molecule has 94 valence electrons. The largest absolute Gasteiger partial charge is 0.436 e. The van der Waals surface area contributed by atoms with Crippen molar-refractivity contribution < 1.29 is 9.13 Å². The van der Waals surface area contributed by atoms with Crippen molar-refractivity contribution in [1.29, 1.82) is 0 Å². The number of hydrogen-bond donors (Lipinski definition) is 1. The number of ether oxygens (including phenoxy) is 1. The zero-order valence-corrected chi connectivity index (χ0v) is 11.3. The first-order chi connectivity index (χ1) is 8.58. The topological polar surface area (TPSA) is 48.1 Å². The molecule has 2 rings (SSSR count). The van der Waals surface area contributed by atoms with E-state index in [0.717, 1.165) is 10.0 Å². The second kappa shape index (κ2) is 5.46. The van der Waals surface area contributed by atoms with Gasteiger partial charge in [-0.25, -0.2) is 9.37 Å². The Morgan fingerprint density at radius 2 is 2.17 bits per heavy atom. The number of nitrogens with zero attached hydrogens (tertiary/aromatic N) is 1. The van der Waals surface area contributed by atoms with Gasteiger partial charge in [0.15, 0.2) is 11.6 Å². The van der Waals surface area contributed by atoms with Gasteiger partial charge < -0.3 is 10.5 Å². The number of halogens is 2. The lowest BCUT2D eigenvalue weighted by Gasteiger charge is -2.12. The fourth-order valence-electron chi connectivity index (χ4n) is 1.49. The van der Waals surface area contributed by atoms with E-state index in [0.29, 0.717) is 5.88 Å². The highest BCUT2D eigenvalue weighted by Gasteiger charge is 2.12. The van der Waals surface area contributed by atoms with Crippen molar-refractivity contribution in [2.45, 2.75) is 13.0 Å². The molecule has 1 aromatic heterocycles. The normalized spacial score (nSPS) is 12.2. The SMILES string of the molecule is C[C@@H](N)c1cccnc1Oc1cc(Br)ccc1F. The van der Waals surface area contributed by atoms with Crippen LogP contribution in [0.4, 0.5) is 4.39 Å². The van der Waals surface area contributed by atoms with Crippen LogP contribution in [-0.4, -0.2) is 4.98 Å². The zero-order chi connectivity index (χ0) is 13.1. The van der Waals surface area contributed by atoms with Crippen LogP contribution in [0.3, 0.4) is 0 Å². The molecule has 0 bridgehead atoms. The van der Waals surface area contributed by atoms with Gasteiger partial charge in [0.05, 0.1) is 0 Å². The number of aromatic nitrogens is 1. The Morgan fingerprint density at radius 1 is 1.39 bits per heavy atom. The second-order valence-electron chi connectivity index (χ2n) is 3.86. The molecule has 0 unspecified atom stereocenters. The summed E-state index contributed by atoms with van der Waals surface area (Å²) in [4.78, 5) is 4.08. The van der Waals surface area contributed by atoms with Crippen molar-refractivity contribution in [3.8, 4) is 11.6 Å². The zero-order valence-electron chi connectivity index (χ0n) is 9.73. The highest BCUT2D eigenvalue weighted by atomic mass is 79.9. The van der Waals surface area contributed by atoms with Gasteiger partial charge in [0.25, 0.3) is 0 Å². The molecule has 0 saturated heterocycles. The summed E-state index contributed by atoms with van der Waals surface area (Å²) in [5, 5.41) is 0. The third-order valence-corrected chi connectivity index (χ3v) is 2.88. The molecule has 0 aliphatic carbocycles. The molecule has 18 heavy (non-hydrogen) atoms. The average Bonchev–Trinajstić information content (AvgIpc) is 2.34. The summed E-state index contributed by atoms with van der Waals surface area (Å²) in [6, 6.07) is 7.82. The van der Waals surface area contributed by atoms with Crippen LogP contribution < -0.4 is 10.5 Å². The van der Waals surface area contributed by atoms with E-state index in [9.17, 15) is 4.39 Å². The lowest BCUT2D eigenvalue weighted by Crippen LogP contribution is -2.07. The Bertz CT molecular complexity index is 560. The molecule has 0 fully saturated rings. The highest BCUT2D eigenvalue weighted by molar-refractivity contribution is 9.10. The van der Waals surface area contributed by atoms with Crippen molar-refractivity contribution in [2.24, 2.45) is 5.73 Å². The molecule has 1 atom stereocenters. The van der Waals surface area contributed by atoms with Gasteiger partial charge in [0.1, 0.15) is 0 Å². The number of benzene rings is 1. The maximum absolute atomic E-state index is 13.6. The van der Waals surface area contributed by atoms with Gasteiger partial charge in [0, 0.05) is 22.3 Å². The molecule has 1 heterocycles. The van der Waals surface area contributed by atoms with Gasteiger partial charge in [-0.05, 0) is 31.2 Å². The predicted molar refractivity (Wildman–Crippen MR) is 71.0 cm³/mol. The summed E-state index contributed by atoms with van der Waals surface area (Å²) in [6.07, 6.45) is 1.58. The van der Waals surface area contributed by atoms with Crippen LogP contribution in [0, 0.1) is 5.82 Å². The Kier molecular flexibility index (Phi) is 3.93. The average molecular weight is 311 g/mol. The monoisotopic (exact) mass is 310 g/mol. The van der Waals surface area contributed by atoms with E-state index in [4.69, 9.17) is 10.5 Å². The summed E-state index contributed by atoms with van der Waals surface area (Å²) < 4.78 is 19.8. The van der Waals surface area contributed by atoms with Crippen LogP contribution in [0.15, 0.2) is 41.0 Å². The molecule has 0 radical (unpaired) electrons. The Morgan fingerprint density at radius 3 is 2.89 bits per heavy atom. The summed E-state index contributed by atoms with van der Waals surface area (Å²) in [6.45, 7) is 1.82. The highest BCUT2D eigenvalue weighted by Crippen LogP contribution is 2.29. The Labute approximate surface area is 113 Å². The summed E-state index contributed by atoms with van der Waals surface area (Å²) in [5.74, 6) is -0.00560. The first kappa shape index (κ1) is 13.0. The van der Waals surface area contributed by atoms with Gasteiger partial charge in [-0.15, -0.1) is 0 Å².